The number of terminal acetylenes is 1. The van der Waals surface area contributed by atoms with Crippen LogP contribution in [0.3, 0.4) is 0 Å². The van der Waals surface area contributed by atoms with Crippen molar-refractivity contribution in [1.29, 1.82) is 0 Å². The molecule has 0 aliphatic carbocycles. The molecule has 0 atom stereocenters. The Bertz CT molecular complexity index is 445. The second-order valence-electron chi connectivity index (χ2n) is 3.77. The number of hydrogen-bond donors (Lipinski definition) is 1. The van der Waals surface area contributed by atoms with Crippen LogP contribution in [-0.4, -0.2) is 36.0 Å². The summed E-state index contributed by atoms with van der Waals surface area (Å²) in [4.78, 5) is 6.77. The van der Waals surface area contributed by atoms with Gasteiger partial charge in [0.1, 0.15) is 0 Å². The molecule has 0 aromatic heterocycles. The second kappa shape index (κ2) is 5.65. The molecule has 1 aromatic rings. The maximum Gasteiger partial charge on any atom is 0.164 e. The summed E-state index contributed by atoms with van der Waals surface area (Å²) >= 11 is 1.80. The van der Waals surface area contributed by atoms with E-state index < -0.39 is 0 Å². The first-order chi connectivity index (χ1) is 8.29. The van der Waals surface area contributed by atoms with E-state index in [1.54, 1.807) is 11.8 Å². The number of hydrogen-bond acceptors (Lipinski definition) is 3. The van der Waals surface area contributed by atoms with Crippen LogP contribution in [0, 0.1) is 12.3 Å². The van der Waals surface area contributed by atoms with Gasteiger partial charge in [0.2, 0.25) is 0 Å². The summed E-state index contributed by atoms with van der Waals surface area (Å²) in [6.45, 7) is 1.62. The Labute approximate surface area is 106 Å². The number of aliphatic imine (C=N–C) groups is 1. The molecule has 0 amide bonds. The number of anilines is 1. The van der Waals surface area contributed by atoms with Crippen molar-refractivity contribution in [2.75, 3.05) is 31.2 Å². The SMILES string of the molecule is C#CCNc1ccc(N=C2SCCN2C)cc1. The van der Waals surface area contributed by atoms with E-state index in [0.29, 0.717) is 6.54 Å². The van der Waals surface area contributed by atoms with Gasteiger partial charge in [0, 0.05) is 25.0 Å². The molecule has 1 heterocycles. The van der Waals surface area contributed by atoms with Crippen molar-refractivity contribution in [3.05, 3.63) is 24.3 Å². The third-order valence-corrected chi connectivity index (χ3v) is 3.52. The molecule has 3 nitrogen and oxygen atoms in total. The largest absolute Gasteiger partial charge is 0.374 e. The Morgan fingerprint density at radius 3 is 2.82 bits per heavy atom. The van der Waals surface area contributed by atoms with Crippen molar-refractivity contribution < 1.29 is 0 Å². The van der Waals surface area contributed by atoms with Crippen LogP contribution in [0.2, 0.25) is 0 Å². The Balaban J connectivity index is 2.05. The van der Waals surface area contributed by atoms with E-state index in [-0.39, 0.29) is 0 Å². The van der Waals surface area contributed by atoms with Crippen LogP contribution in [0.4, 0.5) is 11.4 Å². The zero-order chi connectivity index (χ0) is 12.1. The Hall–Kier alpha value is -1.60. The Kier molecular flexibility index (Phi) is 3.94. The molecular formula is C13H15N3S. The first-order valence-electron chi connectivity index (χ1n) is 5.49. The number of benzene rings is 1. The van der Waals surface area contributed by atoms with E-state index in [1.165, 1.54) is 0 Å². The normalized spacial score (nSPS) is 17.2. The lowest BCUT2D eigenvalue weighted by Gasteiger charge is -2.09. The van der Waals surface area contributed by atoms with Gasteiger partial charge in [-0.25, -0.2) is 4.99 Å². The zero-order valence-corrected chi connectivity index (χ0v) is 10.6. The van der Waals surface area contributed by atoms with Gasteiger partial charge < -0.3 is 10.2 Å². The molecular weight excluding hydrogens is 230 g/mol. The highest BCUT2D eigenvalue weighted by Gasteiger charge is 2.14. The van der Waals surface area contributed by atoms with E-state index in [9.17, 15) is 0 Å². The predicted molar refractivity (Wildman–Crippen MR) is 75.9 cm³/mol. The summed E-state index contributed by atoms with van der Waals surface area (Å²) in [6, 6.07) is 7.99. The average Bonchev–Trinajstić information content (AvgIpc) is 2.74. The highest BCUT2D eigenvalue weighted by molar-refractivity contribution is 8.14. The zero-order valence-electron chi connectivity index (χ0n) is 9.81. The summed E-state index contributed by atoms with van der Waals surface area (Å²) < 4.78 is 0. The first-order valence-corrected chi connectivity index (χ1v) is 6.48. The molecule has 4 heteroatoms. The number of rotatable bonds is 3. The fourth-order valence-corrected chi connectivity index (χ4v) is 2.54. The number of nitrogens with one attached hydrogen (secondary N) is 1. The molecule has 1 aromatic carbocycles. The molecule has 2 rings (SSSR count). The second-order valence-corrected chi connectivity index (χ2v) is 4.83. The predicted octanol–water partition coefficient (Wildman–Crippen LogP) is 2.40. The quantitative estimate of drug-likeness (QED) is 0.829. The maximum atomic E-state index is 5.19. The van der Waals surface area contributed by atoms with Crippen molar-refractivity contribution in [3.8, 4) is 12.3 Å². The van der Waals surface area contributed by atoms with Gasteiger partial charge in [0.15, 0.2) is 5.17 Å². The van der Waals surface area contributed by atoms with Gasteiger partial charge in [-0.05, 0) is 24.3 Å². The third kappa shape index (κ3) is 3.18. The fourth-order valence-electron chi connectivity index (χ4n) is 1.51. The van der Waals surface area contributed by atoms with Crippen molar-refractivity contribution in [1.82, 2.24) is 4.90 Å². The standard InChI is InChI=1S/C13H15N3S/c1-3-8-14-11-4-6-12(7-5-11)15-13-16(2)9-10-17-13/h1,4-7,14H,8-10H2,2H3. The van der Waals surface area contributed by atoms with Gasteiger partial charge in [0.05, 0.1) is 12.2 Å². The lowest BCUT2D eigenvalue weighted by Crippen LogP contribution is -2.17. The number of amidine groups is 1. The van der Waals surface area contributed by atoms with Gasteiger partial charge in [-0.2, -0.15) is 0 Å². The minimum atomic E-state index is 0.548. The lowest BCUT2D eigenvalue weighted by molar-refractivity contribution is 0.563. The molecule has 0 spiro atoms. The van der Waals surface area contributed by atoms with Crippen molar-refractivity contribution in [2.24, 2.45) is 4.99 Å². The van der Waals surface area contributed by atoms with E-state index in [1.807, 2.05) is 24.3 Å². The van der Waals surface area contributed by atoms with E-state index >= 15 is 0 Å². The molecule has 1 fully saturated rings. The van der Waals surface area contributed by atoms with Crippen LogP contribution in [0.1, 0.15) is 0 Å². The topological polar surface area (TPSA) is 27.6 Å². The summed E-state index contributed by atoms with van der Waals surface area (Å²) in [5, 5.41) is 4.22. The smallest absolute Gasteiger partial charge is 0.164 e. The van der Waals surface area contributed by atoms with Crippen LogP contribution >= 0.6 is 11.8 Å². The third-order valence-electron chi connectivity index (χ3n) is 2.47. The number of nitrogens with zero attached hydrogens (tertiary/aromatic N) is 2. The lowest BCUT2D eigenvalue weighted by atomic mass is 10.3. The van der Waals surface area contributed by atoms with Crippen LogP contribution in [0.15, 0.2) is 29.3 Å². The molecule has 17 heavy (non-hydrogen) atoms. The number of thioether (sulfide) groups is 1. The van der Waals surface area contributed by atoms with Gasteiger partial charge in [0.25, 0.3) is 0 Å². The summed E-state index contributed by atoms with van der Waals surface area (Å²) in [5.74, 6) is 3.67. The minimum Gasteiger partial charge on any atom is -0.374 e. The molecule has 88 valence electrons. The van der Waals surface area contributed by atoms with E-state index in [4.69, 9.17) is 6.42 Å². The molecule has 1 aliphatic rings. The molecule has 0 bridgehead atoms. The van der Waals surface area contributed by atoms with Crippen molar-refractivity contribution in [3.63, 3.8) is 0 Å². The Morgan fingerprint density at radius 1 is 1.47 bits per heavy atom. The van der Waals surface area contributed by atoms with Crippen molar-refractivity contribution in [2.45, 2.75) is 0 Å². The van der Waals surface area contributed by atoms with E-state index in [2.05, 4.69) is 28.2 Å². The minimum absolute atomic E-state index is 0.548. The van der Waals surface area contributed by atoms with Gasteiger partial charge in [-0.3, -0.25) is 0 Å². The van der Waals surface area contributed by atoms with Gasteiger partial charge >= 0.3 is 0 Å². The van der Waals surface area contributed by atoms with Crippen LogP contribution in [0.25, 0.3) is 0 Å². The molecule has 1 N–H and O–H groups in total. The Morgan fingerprint density at radius 2 is 2.24 bits per heavy atom. The first kappa shape index (κ1) is 11.9. The molecule has 0 unspecified atom stereocenters. The van der Waals surface area contributed by atoms with Crippen molar-refractivity contribution >= 4 is 28.3 Å². The van der Waals surface area contributed by atoms with Crippen LogP contribution < -0.4 is 5.32 Å². The monoisotopic (exact) mass is 245 g/mol. The maximum absolute atomic E-state index is 5.19. The summed E-state index contributed by atoms with van der Waals surface area (Å²) in [5.41, 5.74) is 2.01. The summed E-state index contributed by atoms with van der Waals surface area (Å²) in [6.07, 6.45) is 5.19. The van der Waals surface area contributed by atoms with Crippen LogP contribution in [-0.2, 0) is 0 Å². The van der Waals surface area contributed by atoms with E-state index in [0.717, 1.165) is 28.8 Å². The highest BCUT2D eigenvalue weighted by Crippen LogP contribution is 2.22. The van der Waals surface area contributed by atoms with Gasteiger partial charge in [-0.15, -0.1) is 6.42 Å². The summed E-state index contributed by atoms with van der Waals surface area (Å²) in [7, 11) is 2.07. The average molecular weight is 245 g/mol. The molecule has 0 saturated carbocycles. The molecule has 1 aliphatic heterocycles. The fraction of sp³-hybridized carbons (Fsp3) is 0.308. The van der Waals surface area contributed by atoms with Crippen LogP contribution in [0.5, 0.6) is 0 Å². The molecule has 1 saturated heterocycles. The molecule has 0 radical (unpaired) electrons. The van der Waals surface area contributed by atoms with Gasteiger partial charge in [-0.1, -0.05) is 17.7 Å². The highest BCUT2D eigenvalue weighted by atomic mass is 32.2.